The average molecular weight is 353 g/mol. The molecule has 26 heavy (non-hydrogen) atoms. The van der Waals surface area contributed by atoms with Gasteiger partial charge in [-0.2, -0.15) is 0 Å². The molecule has 2 aromatic rings. The summed E-state index contributed by atoms with van der Waals surface area (Å²) < 4.78 is 21.8. The minimum Gasteiger partial charge on any atom is -0.493 e. The first kappa shape index (κ1) is 15.4. The van der Waals surface area contributed by atoms with Crippen LogP contribution in [0.25, 0.3) is 0 Å². The van der Waals surface area contributed by atoms with Gasteiger partial charge in [0.2, 0.25) is 6.79 Å². The smallest absolute Gasteiger partial charge is 0.254 e. The van der Waals surface area contributed by atoms with Gasteiger partial charge in [-0.15, -0.1) is 0 Å². The van der Waals surface area contributed by atoms with E-state index in [-0.39, 0.29) is 18.7 Å². The van der Waals surface area contributed by atoms with Crippen LogP contribution in [-0.2, 0) is 12.8 Å². The fourth-order valence-corrected chi connectivity index (χ4v) is 4.21. The monoisotopic (exact) mass is 353 g/mol. The molecule has 2 aromatic carbocycles. The molecule has 0 aliphatic carbocycles. The number of benzene rings is 2. The van der Waals surface area contributed by atoms with Gasteiger partial charge in [-0.05, 0) is 53.8 Å². The fraction of sp³-hybridized carbons (Fsp3) is 0.350. The summed E-state index contributed by atoms with van der Waals surface area (Å²) in [4.78, 5) is 15.1. The minimum atomic E-state index is 0.00588. The van der Waals surface area contributed by atoms with E-state index in [0.717, 1.165) is 35.5 Å². The summed E-state index contributed by atoms with van der Waals surface area (Å²) >= 11 is 0. The van der Waals surface area contributed by atoms with E-state index in [1.165, 1.54) is 5.56 Å². The lowest BCUT2D eigenvalue weighted by atomic mass is 9.83. The lowest BCUT2D eigenvalue weighted by Crippen LogP contribution is -2.44. The van der Waals surface area contributed by atoms with Crippen LogP contribution in [0, 0.1) is 0 Å². The quantitative estimate of drug-likeness (QED) is 0.831. The number of ether oxygens (including phenoxy) is 4. The number of methoxy groups -OCH3 is 2. The summed E-state index contributed by atoms with van der Waals surface area (Å²) in [5, 5.41) is 0. The van der Waals surface area contributed by atoms with E-state index < -0.39 is 0 Å². The van der Waals surface area contributed by atoms with Crippen molar-refractivity contribution in [3.8, 4) is 23.0 Å². The third kappa shape index (κ3) is 2.08. The van der Waals surface area contributed by atoms with Gasteiger partial charge in [-0.3, -0.25) is 4.79 Å². The van der Waals surface area contributed by atoms with Crippen molar-refractivity contribution in [2.75, 3.05) is 27.6 Å². The molecule has 5 rings (SSSR count). The Morgan fingerprint density at radius 1 is 1.00 bits per heavy atom. The molecule has 6 heteroatoms. The second kappa shape index (κ2) is 5.56. The van der Waals surface area contributed by atoms with Crippen LogP contribution in [0.3, 0.4) is 0 Å². The molecule has 6 nitrogen and oxygen atoms in total. The van der Waals surface area contributed by atoms with Crippen molar-refractivity contribution in [3.63, 3.8) is 0 Å². The van der Waals surface area contributed by atoms with E-state index in [1.54, 1.807) is 20.3 Å². The van der Waals surface area contributed by atoms with E-state index in [1.807, 2.05) is 17.0 Å². The lowest BCUT2D eigenvalue weighted by Gasteiger charge is -2.41. The lowest BCUT2D eigenvalue weighted by molar-refractivity contribution is 0.0631. The van der Waals surface area contributed by atoms with Gasteiger partial charge in [-0.25, -0.2) is 0 Å². The normalized spacial score (nSPS) is 19.5. The second-order valence-corrected chi connectivity index (χ2v) is 6.74. The van der Waals surface area contributed by atoms with Crippen molar-refractivity contribution in [3.05, 3.63) is 46.5 Å². The van der Waals surface area contributed by atoms with Crippen LogP contribution in [0.15, 0.2) is 24.3 Å². The molecule has 0 radical (unpaired) electrons. The summed E-state index contributed by atoms with van der Waals surface area (Å²) in [5.74, 6) is 2.83. The third-order valence-electron chi connectivity index (χ3n) is 5.51. The molecule has 0 aromatic heterocycles. The molecule has 0 saturated heterocycles. The SMILES string of the molecule is COc1cc2c(cc1OC)C(=O)N1CCc3cc4c(cc3C1C2)OCO4. The van der Waals surface area contributed by atoms with Crippen LogP contribution < -0.4 is 18.9 Å². The van der Waals surface area contributed by atoms with Crippen molar-refractivity contribution in [2.24, 2.45) is 0 Å². The zero-order valence-corrected chi connectivity index (χ0v) is 14.7. The van der Waals surface area contributed by atoms with Crippen LogP contribution in [0.1, 0.15) is 33.1 Å². The van der Waals surface area contributed by atoms with Gasteiger partial charge < -0.3 is 23.8 Å². The number of carbonyl (C=O) groups is 1. The maximum atomic E-state index is 13.1. The number of hydrogen-bond donors (Lipinski definition) is 0. The van der Waals surface area contributed by atoms with E-state index in [4.69, 9.17) is 18.9 Å². The third-order valence-corrected chi connectivity index (χ3v) is 5.51. The molecule has 0 bridgehead atoms. The first-order valence-corrected chi connectivity index (χ1v) is 8.68. The summed E-state index contributed by atoms with van der Waals surface area (Å²) in [7, 11) is 3.19. The van der Waals surface area contributed by atoms with Gasteiger partial charge in [-0.1, -0.05) is 0 Å². The highest BCUT2D eigenvalue weighted by Gasteiger charge is 2.38. The molecule has 3 aliphatic rings. The molecule has 0 N–H and O–H groups in total. The van der Waals surface area contributed by atoms with E-state index in [9.17, 15) is 4.79 Å². The Morgan fingerprint density at radius 2 is 1.73 bits per heavy atom. The molecule has 1 atom stereocenters. The van der Waals surface area contributed by atoms with E-state index in [2.05, 4.69) is 6.07 Å². The van der Waals surface area contributed by atoms with Gasteiger partial charge in [0.25, 0.3) is 5.91 Å². The molecule has 0 saturated carbocycles. The maximum absolute atomic E-state index is 13.1. The zero-order valence-electron chi connectivity index (χ0n) is 14.7. The molecule has 1 amide bonds. The number of nitrogens with zero attached hydrogens (tertiary/aromatic N) is 1. The van der Waals surface area contributed by atoms with Gasteiger partial charge in [0.05, 0.1) is 20.3 Å². The predicted molar refractivity (Wildman–Crippen MR) is 93.3 cm³/mol. The highest BCUT2D eigenvalue weighted by molar-refractivity contribution is 5.98. The first-order valence-electron chi connectivity index (χ1n) is 8.68. The molecule has 0 fully saturated rings. The second-order valence-electron chi connectivity index (χ2n) is 6.74. The Bertz CT molecular complexity index is 923. The van der Waals surface area contributed by atoms with Gasteiger partial charge >= 0.3 is 0 Å². The van der Waals surface area contributed by atoms with Crippen LogP contribution in [0.5, 0.6) is 23.0 Å². The average Bonchev–Trinajstić information content (AvgIpc) is 3.13. The summed E-state index contributed by atoms with van der Waals surface area (Å²) in [6, 6.07) is 7.82. The number of carbonyl (C=O) groups excluding carboxylic acids is 1. The maximum Gasteiger partial charge on any atom is 0.254 e. The molecule has 3 aliphatic heterocycles. The Kier molecular flexibility index (Phi) is 3.29. The molecule has 134 valence electrons. The van der Waals surface area contributed by atoms with Crippen molar-refractivity contribution in [1.29, 1.82) is 0 Å². The van der Waals surface area contributed by atoms with Crippen LogP contribution in [0.4, 0.5) is 0 Å². The molecule has 1 unspecified atom stereocenters. The number of rotatable bonds is 2. The van der Waals surface area contributed by atoms with E-state index >= 15 is 0 Å². The largest absolute Gasteiger partial charge is 0.493 e. The molecule has 0 spiro atoms. The topological polar surface area (TPSA) is 57.2 Å². The summed E-state index contributed by atoms with van der Waals surface area (Å²) in [6.07, 6.45) is 1.56. The van der Waals surface area contributed by atoms with Crippen molar-refractivity contribution in [1.82, 2.24) is 4.90 Å². The van der Waals surface area contributed by atoms with Crippen LogP contribution in [-0.4, -0.2) is 38.4 Å². The highest BCUT2D eigenvalue weighted by atomic mass is 16.7. The fourth-order valence-electron chi connectivity index (χ4n) is 4.21. The van der Waals surface area contributed by atoms with Gasteiger partial charge in [0.1, 0.15) is 0 Å². The van der Waals surface area contributed by atoms with E-state index in [0.29, 0.717) is 23.6 Å². The Labute approximate surface area is 151 Å². The van der Waals surface area contributed by atoms with Crippen molar-refractivity contribution >= 4 is 5.91 Å². The Balaban J connectivity index is 1.61. The molecular weight excluding hydrogens is 334 g/mol. The first-order chi connectivity index (χ1) is 12.7. The Morgan fingerprint density at radius 3 is 2.50 bits per heavy atom. The number of fused-ring (bicyclic) bond motifs is 5. The molecular formula is C20H19NO5. The van der Waals surface area contributed by atoms with Crippen LogP contribution in [0.2, 0.25) is 0 Å². The Hall–Kier alpha value is -2.89. The highest BCUT2D eigenvalue weighted by Crippen LogP contribution is 2.45. The predicted octanol–water partition coefficient (Wildman–Crippen LogP) is 2.73. The van der Waals surface area contributed by atoms with Gasteiger partial charge in [0.15, 0.2) is 23.0 Å². The van der Waals surface area contributed by atoms with Gasteiger partial charge in [0, 0.05) is 12.1 Å². The van der Waals surface area contributed by atoms with Crippen LogP contribution >= 0.6 is 0 Å². The standard InChI is InChI=1S/C20H19NO5/c1-23-16-7-12-5-15-13-8-19-18(25-10-26-19)6-11(13)3-4-21(15)20(22)14(12)9-17(16)24-2/h6-9,15H,3-5,10H2,1-2H3. The number of amides is 1. The van der Waals surface area contributed by atoms with Crippen molar-refractivity contribution in [2.45, 2.75) is 18.9 Å². The number of hydrogen-bond acceptors (Lipinski definition) is 5. The minimum absolute atomic E-state index is 0.00588. The summed E-state index contributed by atoms with van der Waals surface area (Å²) in [5.41, 5.74) is 4.06. The zero-order chi connectivity index (χ0) is 17.8. The molecule has 3 heterocycles. The van der Waals surface area contributed by atoms with Crippen molar-refractivity contribution < 1.29 is 23.7 Å². The summed E-state index contributed by atoms with van der Waals surface area (Å²) in [6.45, 7) is 0.954.